The second-order valence-corrected chi connectivity index (χ2v) is 25.4. The number of carbonyl (C=O) groups excluding carboxylic acids is 2. The highest BCUT2D eigenvalue weighted by atomic mass is 31.2. The Morgan fingerprint density at radius 2 is 0.802 bits per heavy atom. The number of likely N-dealkylation sites (N-methyl/N-ethyl adjacent to an activating group) is 1. The van der Waals surface area contributed by atoms with Crippen LogP contribution in [-0.2, 0) is 27.9 Å². The maximum absolute atomic E-state index is 13.5. The van der Waals surface area contributed by atoms with E-state index in [9.17, 15) is 19.0 Å². The molecule has 0 aromatic rings. The molecule has 1 N–H and O–H groups in total. The molecule has 0 spiro atoms. The number of quaternary nitrogens is 1. The number of amides is 1. The van der Waals surface area contributed by atoms with E-state index < -0.39 is 26.6 Å². The number of nitrogens with zero attached hydrogens (tertiary/aromatic N) is 1. The Balaban J connectivity index is 5.24. The van der Waals surface area contributed by atoms with Crippen LogP contribution in [0.2, 0.25) is 0 Å². The molecule has 0 aliphatic heterocycles. The van der Waals surface area contributed by atoms with Gasteiger partial charge in [0.25, 0.3) is 7.82 Å². The van der Waals surface area contributed by atoms with Gasteiger partial charge in [0.2, 0.25) is 5.91 Å². The normalized spacial score (nSPS) is 14.1. The Kier molecular flexibility index (Phi) is 58.2. The molecule has 81 heavy (non-hydrogen) atoms. The van der Waals surface area contributed by atoms with Crippen LogP contribution < -0.4 is 10.2 Å². The van der Waals surface area contributed by atoms with Crippen molar-refractivity contribution in [3.8, 4) is 0 Å². The van der Waals surface area contributed by atoms with Crippen molar-refractivity contribution in [3.63, 3.8) is 0 Å². The molecule has 0 fully saturated rings. The first kappa shape index (κ1) is 78.2. The predicted octanol–water partition coefficient (Wildman–Crippen LogP) is 20.7. The van der Waals surface area contributed by atoms with Gasteiger partial charge in [-0.25, -0.2) is 0 Å². The van der Waals surface area contributed by atoms with Gasteiger partial charge in [0.15, 0.2) is 0 Å². The number of ether oxygens (including phenoxy) is 1. The van der Waals surface area contributed by atoms with Crippen molar-refractivity contribution in [3.05, 3.63) is 85.1 Å². The number of hydrogen-bond acceptors (Lipinski definition) is 7. The summed E-state index contributed by atoms with van der Waals surface area (Å²) in [6.45, 7) is 6.70. The van der Waals surface area contributed by atoms with E-state index in [2.05, 4.69) is 86.8 Å². The highest BCUT2D eigenvalue weighted by molar-refractivity contribution is 7.45. The van der Waals surface area contributed by atoms with Gasteiger partial charge >= 0.3 is 5.97 Å². The van der Waals surface area contributed by atoms with Crippen LogP contribution in [0.25, 0.3) is 0 Å². The highest BCUT2D eigenvalue weighted by Crippen LogP contribution is 2.38. The standard InChI is InChI=1S/C71H129N2O7P/c1-7-10-13-16-19-22-25-28-30-32-34-35-36-37-39-41-43-46-49-52-55-58-61-64-71(75)80-69(62-59-56-53-50-47-44-27-24-21-18-15-12-9-3)68(67-79-81(76,77)78-66-65-73(4,5)6)72-70(74)63-60-57-54-51-48-45-42-40-38-33-31-29-26-23-20-17-14-11-8-2/h11,14,20,23,29,31,38,40,45,48,54,57,59,62,68-69H,7-10,12-13,15-19,21-22,24-28,30,32-37,39,41-44,46-47,49-53,55-56,58,60-61,63-67H2,1-6H3,(H-,72,74,76,77)/b14-11-,23-20-,31-29-,40-38-,48-45-,57-54-,62-59+. The lowest BCUT2D eigenvalue weighted by Gasteiger charge is -2.30. The summed E-state index contributed by atoms with van der Waals surface area (Å²) in [5.74, 6) is -0.631. The van der Waals surface area contributed by atoms with Gasteiger partial charge in [-0.15, -0.1) is 0 Å². The zero-order valence-electron chi connectivity index (χ0n) is 53.7. The first-order valence-corrected chi connectivity index (χ1v) is 35.4. The van der Waals surface area contributed by atoms with E-state index in [0.717, 1.165) is 77.0 Å². The highest BCUT2D eigenvalue weighted by Gasteiger charge is 2.27. The van der Waals surface area contributed by atoms with Crippen LogP contribution in [0.1, 0.15) is 303 Å². The number of carbonyl (C=O) groups is 2. The summed E-state index contributed by atoms with van der Waals surface area (Å²) < 4.78 is 30.3. The first-order valence-electron chi connectivity index (χ1n) is 33.9. The number of rotatable bonds is 61. The van der Waals surface area contributed by atoms with E-state index in [0.29, 0.717) is 17.4 Å². The molecular formula is C71H129N2O7P. The molecule has 0 aliphatic rings. The second kappa shape index (κ2) is 60.3. The minimum atomic E-state index is -4.72. The molecule has 3 unspecified atom stereocenters. The van der Waals surface area contributed by atoms with Gasteiger partial charge in [0, 0.05) is 12.8 Å². The zero-order valence-corrected chi connectivity index (χ0v) is 54.6. The average molecular weight is 1150 g/mol. The summed E-state index contributed by atoms with van der Waals surface area (Å²) in [5, 5.41) is 2.99. The van der Waals surface area contributed by atoms with Crippen LogP contribution in [0.3, 0.4) is 0 Å². The third-order valence-corrected chi connectivity index (χ3v) is 15.8. The molecule has 3 atom stereocenters. The molecule has 9 nitrogen and oxygen atoms in total. The smallest absolute Gasteiger partial charge is 0.306 e. The fourth-order valence-corrected chi connectivity index (χ4v) is 10.4. The van der Waals surface area contributed by atoms with Crippen molar-refractivity contribution in [2.45, 2.75) is 315 Å². The molecule has 470 valence electrons. The molecule has 0 aliphatic carbocycles. The van der Waals surface area contributed by atoms with E-state index in [1.165, 1.54) is 186 Å². The number of nitrogens with one attached hydrogen (secondary N) is 1. The van der Waals surface area contributed by atoms with Crippen molar-refractivity contribution in [1.29, 1.82) is 0 Å². The van der Waals surface area contributed by atoms with Crippen molar-refractivity contribution in [2.75, 3.05) is 40.9 Å². The van der Waals surface area contributed by atoms with Crippen molar-refractivity contribution in [2.24, 2.45) is 0 Å². The molecule has 0 aromatic heterocycles. The molecular weight excluding hydrogens is 1020 g/mol. The van der Waals surface area contributed by atoms with Crippen molar-refractivity contribution >= 4 is 19.7 Å². The average Bonchev–Trinajstić information content (AvgIpc) is 3.44. The number of esters is 1. The van der Waals surface area contributed by atoms with E-state index in [1.54, 1.807) is 0 Å². The fourth-order valence-electron chi connectivity index (χ4n) is 9.66. The lowest BCUT2D eigenvalue weighted by Crippen LogP contribution is -2.47. The zero-order chi connectivity index (χ0) is 59.3. The number of allylic oxidation sites excluding steroid dienone is 13. The van der Waals surface area contributed by atoms with Crippen LogP contribution in [-0.4, -0.2) is 69.4 Å². The SMILES string of the molecule is CC/C=C\C/C=C\C/C=C\C/C=C\C/C=C\C/C=C\CCC(=O)NC(COP(=O)([O-])OCC[N+](C)(C)C)C(/C=C/CCCCCCCCCCCCC)OC(=O)CCCCCCCCCCCCCCCCCCCCCCCCC. The van der Waals surface area contributed by atoms with Crippen molar-refractivity contribution in [1.82, 2.24) is 5.32 Å². The van der Waals surface area contributed by atoms with Gasteiger partial charge in [-0.3, -0.25) is 14.2 Å². The quantitative estimate of drug-likeness (QED) is 0.0212. The second-order valence-electron chi connectivity index (χ2n) is 24.0. The molecule has 0 radical (unpaired) electrons. The summed E-state index contributed by atoms with van der Waals surface area (Å²) in [7, 11) is 1.14. The maximum Gasteiger partial charge on any atom is 0.306 e. The van der Waals surface area contributed by atoms with Crippen LogP contribution >= 0.6 is 7.82 Å². The molecule has 10 heteroatoms. The van der Waals surface area contributed by atoms with Gasteiger partial charge in [0.1, 0.15) is 19.3 Å². The Morgan fingerprint density at radius 3 is 1.19 bits per heavy atom. The largest absolute Gasteiger partial charge is 0.756 e. The molecule has 0 rings (SSSR count). The van der Waals surface area contributed by atoms with E-state index in [4.69, 9.17) is 13.8 Å². The summed E-state index contributed by atoms with van der Waals surface area (Å²) in [5.41, 5.74) is 0. The monoisotopic (exact) mass is 1150 g/mol. The van der Waals surface area contributed by atoms with E-state index in [-0.39, 0.29) is 31.3 Å². The number of unbranched alkanes of at least 4 members (excludes halogenated alkanes) is 33. The van der Waals surface area contributed by atoms with Crippen LogP contribution in [0.4, 0.5) is 0 Å². The maximum atomic E-state index is 13.5. The lowest BCUT2D eigenvalue weighted by atomic mass is 10.0. The summed E-state index contributed by atoms with van der Waals surface area (Å²) in [6.07, 6.45) is 80.1. The Hall–Kier alpha value is -2.81. The predicted molar refractivity (Wildman–Crippen MR) is 348 cm³/mol. The van der Waals surface area contributed by atoms with E-state index in [1.807, 2.05) is 45.4 Å². The number of phosphoric acid groups is 1. The minimum Gasteiger partial charge on any atom is -0.756 e. The van der Waals surface area contributed by atoms with Crippen LogP contribution in [0.15, 0.2) is 85.1 Å². The lowest BCUT2D eigenvalue weighted by molar-refractivity contribution is -0.870. The van der Waals surface area contributed by atoms with Gasteiger partial charge in [-0.05, 0) is 70.3 Å². The van der Waals surface area contributed by atoms with Gasteiger partial charge in [-0.1, -0.05) is 305 Å². The third-order valence-electron chi connectivity index (χ3n) is 14.9. The molecule has 0 bridgehead atoms. The Labute approximate surface area is 501 Å². The molecule has 0 saturated carbocycles. The van der Waals surface area contributed by atoms with Crippen LogP contribution in [0, 0.1) is 0 Å². The van der Waals surface area contributed by atoms with Crippen molar-refractivity contribution < 1.29 is 37.3 Å². The summed E-state index contributed by atoms with van der Waals surface area (Å²) >= 11 is 0. The Bertz CT molecular complexity index is 1660. The summed E-state index contributed by atoms with van der Waals surface area (Å²) in [6, 6.07) is -0.932. The van der Waals surface area contributed by atoms with Gasteiger partial charge in [-0.2, -0.15) is 0 Å². The molecule has 0 heterocycles. The van der Waals surface area contributed by atoms with E-state index >= 15 is 0 Å². The molecule has 0 saturated heterocycles. The molecule has 0 aromatic carbocycles. The first-order chi connectivity index (χ1) is 39.4. The third kappa shape index (κ3) is 61.6. The Morgan fingerprint density at radius 1 is 0.444 bits per heavy atom. The molecule has 1 amide bonds. The summed E-state index contributed by atoms with van der Waals surface area (Å²) in [4.78, 5) is 40.1. The number of hydrogen-bond donors (Lipinski definition) is 1. The topological polar surface area (TPSA) is 114 Å². The van der Waals surface area contributed by atoms with Crippen LogP contribution in [0.5, 0.6) is 0 Å². The minimum absolute atomic E-state index is 0.0376. The number of phosphoric ester groups is 1. The van der Waals surface area contributed by atoms with Gasteiger partial charge in [0.05, 0.1) is 33.8 Å². The van der Waals surface area contributed by atoms with Gasteiger partial charge < -0.3 is 28.5 Å². The fraction of sp³-hybridized carbons (Fsp3) is 0.775.